The lowest BCUT2D eigenvalue weighted by molar-refractivity contribution is 1.33. The van der Waals surface area contributed by atoms with Crippen LogP contribution in [0, 0.1) is 13.8 Å². The molecule has 0 bridgehead atoms. The topological polar surface area (TPSA) is 54.5 Å². The van der Waals surface area contributed by atoms with Crippen LogP contribution in [0.5, 0.6) is 0 Å². The van der Waals surface area contributed by atoms with Crippen molar-refractivity contribution in [3.05, 3.63) is 41.7 Å². The molecule has 0 radical (unpaired) electrons. The van der Waals surface area contributed by atoms with E-state index in [2.05, 4.69) is 23.8 Å². The van der Waals surface area contributed by atoms with E-state index in [9.17, 15) is 0 Å². The van der Waals surface area contributed by atoms with Crippen LogP contribution in [0.3, 0.4) is 0 Å². The van der Waals surface area contributed by atoms with E-state index in [-0.39, 0.29) is 0 Å². The van der Waals surface area contributed by atoms with Gasteiger partial charge >= 0.3 is 0 Å². The quantitative estimate of drug-likeness (QED) is 0.486. The van der Waals surface area contributed by atoms with Gasteiger partial charge in [-0.1, -0.05) is 12.1 Å². The fourth-order valence-corrected chi connectivity index (χ4v) is 2.62. The fourth-order valence-electron chi connectivity index (χ4n) is 2.62. The monoisotopic (exact) mass is 248 g/mol. The average molecular weight is 248 g/mol. The number of nitrogens with one attached hydrogen (secondary N) is 1. The summed E-state index contributed by atoms with van der Waals surface area (Å²) in [5.74, 6) is 0. The van der Waals surface area contributed by atoms with Crippen molar-refractivity contribution in [1.82, 2.24) is 19.9 Å². The molecule has 0 atom stereocenters. The van der Waals surface area contributed by atoms with E-state index in [4.69, 9.17) is 9.97 Å². The molecule has 0 spiro atoms. The molecule has 4 rings (SSSR count). The number of hydrogen-bond acceptors (Lipinski definition) is 3. The summed E-state index contributed by atoms with van der Waals surface area (Å²) < 4.78 is 0. The van der Waals surface area contributed by atoms with Crippen molar-refractivity contribution in [2.24, 2.45) is 0 Å². The minimum absolute atomic E-state index is 0.924. The van der Waals surface area contributed by atoms with Gasteiger partial charge in [0.15, 0.2) is 0 Å². The van der Waals surface area contributed by atoms with Crippen LogP contribution in [0.15, 0.2) is 30.6 Å². The lowest BCUT2D eigenvalue weighted by atomic mass is 10.1. The average Bonchev–Trinajstić information content (AvgIpc) is 2.93. The number of hydrogen-bond donors (Lipinski definition) is 1. The molecule has 0 amide bonds. The van der Waals surface area contributed by atoms with E-state index >= 15 is 0 Å². The van der Waals surface area contributed by atoms with Crippen molar-refractivity contribution in [2.75, 3.05) is 0 Å². The van der Waals surface area contributed by atoms with Crippen LogP contribution < -0.4 is 0 Å². The number of imidazole rings is 1. The van der Waals surface area contributed by atoms with E-state index in [1.807, 2.05) is 24.3 Å². The molecule has 0 saturated heterocycles. The van der Waals surface area contributed by atoms with Crippen LogP contribution in [0.1, 0.15) is 11.1 Å². The molecular formula is C15H12N4. The van der Waals surface area contributed by atoms with E-state index < -0.39 is 0 Å². The molecule has 0 aliphatic heterocycles. The maximum atomic E-state index is 4.76. The summed E-state index contributed by atoms with van der Waals surface area (Å²) >= 11 is 0. The first-order valence-corrected chi connectivity index (χ1v) is 6.24. The molecule has 2 aromatic heterocycles. The Kier molecular flexibility index (Phi) is 1.93. The van der Waals surface area contributed by atoms with Crippen LogP contribution >= 0.6 is 0 Å². The molecule has 92 valence electrons. The Morgan fingerprint density at radius 1 is 0.842 bits per heavy atom. The third kappa shape index (κ3) is 1.31. The zero-order chi connectivity index (χ0) is 13.0. The Hall–Kier alpha value is -2.49. The highest BCUT2D eigenvalue weighted by atomic mass is 14.9. The summed E-state index contributed by atoms with van der Waals surface area (Å²) in [6, 6.07) is 7.96. The smallest absolute Gasteiger partial charge is 0.0949 e. The molecule has 0 aliphatic carbocycles. The van der Waals surface area contributed by atoms with Gasteiger partial charge in [0.1, 0.15) is 0 Å². The first kappa shape index (κ1) is 10.4. The normalized spacial score (nSPS) is 11.7. The van der Waals surface area contributed by atoms with Crippen LogP contribution in [-0.2, 0) is 0 Å². The Balaban J connectivity index is 2.32. The van der Waals surface area contributed by atoms with Crippen molar-refractivity contribution in [1.29, 1.82) is 0 Å². The molecule has 4 nitrogen and oxygen atoms in total. The summed E-state index contributed by atoms with van der Waals surface area (Å²) in [5.41, 5.74) is 7.96. The Morgan fingerprint density at radius 2 is 1.47 bits per heavy atom. The second kappa shape index (κ2) is 3.51. The zero-order valence-electron chi connectivity index (χ0n) is 10.7. The standard InChI is InChI=1S/C15H12N4/c1-8-12-13(17-7-16-12)9(2)15-14(8)18-10-5-3-4-6-11(10)19-15/h3-7H,1-2H3,(H,16,17). The minimum atomic E-state index is 0.924. The Labute approximate surface area is 109 Å². The van der Waals surface area contributed by atoms with Gasteiger partial charge in [-0.25, -0.2) is 15.0 Å². The first-order chi connectivity index (χ1) is 9.25. The van der Waals surface area contributed by atoms with E-state index in [1.54, 1.807) is 6.33 Å². The SMILES string of the molecule is Cc1c2nc3ccccc3nc2c(C)c2[nH]cnc12. The van der Waals surface area contributed by atoms with Gasteiger partial charge in [-0.3, -0.25) is 0 Å². The van der Waals surface area contributed by atoms with Gasteiger partial charge in [-0.2, -0.15) is 0 Å². The number of para-hydroxylation sites is 2. The molecule has 4 aromatic rings. The number of rotatable bonds is 0. The van der Waals surface area contributed by atoms with Gasteiger partial charge in [-0.05, 0) is 26.0 Å². The molecule has 2 aromatic carbocycles. The number of nitrogens with zero attached hydrogens (tertiary/aromatic N) is 3. The number of H-pyrrole nitrogens is 1. The van der Waals surface area contributed by atoms with Gasteiger partial charge in [0, 0.05) is 11.1 Å². The van der Waals surface area contributed by atoms with Gasteiger partial charge < -0.3 is 4.98 Å². The molecular weight excluding hydrogens is 236 g/mol. The fraction of sp³-hybridized carbons (Fsp3) is 0.133. The predicted octanol–water partition coefficient (Wildman–Crippen LogP) is 3.28. The maximum Gasteiger partial charge on any atom is 0.0949 e. The summed E-state index contributed by atoms with van der Waals surface area (Å²) in [5, 5.41) is 0. The number of fused-ring (bicyclic) bond motifs is 3. The third-order valence-electron chi connectivity index (χ3n) is 3.65. The van der Waals surface area contributed by atoms with Crippen LogP contribution in [0.2, 0.25) is 0 Å². The summed E-state index contributed by atoms with van der Waals surface area (Å²) in [4.78, 5) is 17.1. The highest BCUT2D eigenvalue weighted by Gasteiger charge is 2.13. The highest BCUT2D eigenvalue weighted by molar-refractivity contribution is 6.01. The highest BCUT2D eigenvalue weighted by Crippen LogP contribution is 2.28. The molecule has 1 N–H and O–H groups in total. The van der Waals surface area contributed by atoms with Crippen LogP contribution in [-0.4, -0.2) is 19.9 Å². The number of aromatic nitrogens is 4. The lowest BCUT2D eigenvalue weighted by Crippen LogP contribution is -1.94. The van der Waals surface area contributed by atoms with Gasteiger partial charge in [-0.15, -0.1) is 0 Å². The third-order valence-corrected chi connectivity index (χ3v) is 3.65. The van der Waals surface area contributed by atoms with Gasteiger partial charge in [0.25, 0.3) is 0 Å². The predicted molar refractivity (Wildman–Crippen MR) is 76.2 cm³/mol. The molecule has 0 fully saturated rings. The summed E-state index contributed by atoms with van der Waals surface area (Å²) in [6.07, 6.45) is 1.73. The molecule has 4 heteroatoms. The van der Waals surface area contributed by atoms with E-state index in [1.165, 1.54) is 0 Å². The van der Waals surface area contributed by atoms with E-state index in [0.29, 0.717) is 0 Å². The molecule has 0 saturated carbocycles. The van der Waals surface area contributed by atoms with Crippen LogP contribution in [0.25, 0.3) is 33.1 Å². The Bertz CT molecular complexity index is 862. The molecule has 0 unspecified atom stereocenters. The number of aromatic amines is 1. The van der Waals surface area contributed by atoms with Crippen molar-refractivity contribution in [3.8, 4) is 0 Å². The maximum absolute atomic E-state index is 4.76. The molecule has 2 heterocycles. The second-order valence-corrected chi connectivity index (χ2v) is 4.79. The number of benzene rings is 2. The van der Waals surface area contributed by atoms with Crippen molar-refractivity contribution >= 4 is 33.1 Å². The lowest BCUT2D eigenvalue weighted by Gasteiger charge is -2.07. The van der Waals surface area contributed by atoms with Crippen molar-refractivity contribution in [3.63, 3.8) is 0 Å². The molecule has 0 aliphatic rings. The van der Waals surface area contributed by atoms with Crippen molar-refractivity contribution < 1.29 is 0 Å². The molecule has 19 heavy (non-hydrogen) atoms. The van der Waals surface area contributed by atoms with Gasteiger partial charge in [0.05, 0.1) is 39.4 Å². The van der Waals surface area contributed by atoms with Crippen molar-refractivity contribution in [2.45, 2.75) is 13.8 Å². The van der Waals surface area contributed by atoms with Crippen LogP contribution in [0.4, 0.5) is 0 Å². The number of aryl methyl sites for hydroxylation is 2. The summed E-state index contributed by atoms with van der Waals surface area (Å²) in [7, 11) is 0. The summed E-state index contributed by atoms with van der Waals surface area (Å²) in [6.45, 7) is 4.11. The second-order valence-electron chi connectivity index (χ2n) is 4.79. The first-order valence-electron chi connectivity index (χ1n) is 6.24. The van der Waals surface area contributed by atoms with E-state index in [0.717, 1.165) is 44.2 Å². The van der Waals surface area contributed by atoms with Gasteiger partial charge in [0.2, 0.25) is 0 Å². The largest absolute Gasteiger partial charge is 0.344 e. The Morgan fingerprint density at radius 3 is 2.16 bits per heavy atom. The minimum Gasteiger partial charge on any atom is -0.344 e. The zero-order valence-corrected chi connectivity index (χ0v) is 10.7.